The van der Waals surface area contributed by atoms with Crippen LogP contribution in [0.4, 0.5) is 0 Å². The van der Waals surface area contributed by atoms with Gasteiger partial charge in [0.2, 0.25) is 0 Å². The molecule has 0 aliphatic rings. The van der Waals surface area contributed by atoms with Gasteiger partial charge in [-0.1, -0.05) is 11.6 Å². The van der Waals surface area contributed by atoms with Crippen LogP contribution in [-0.2, 0) is 6.61 Å². The van der Waals surface area contributed by atoms with E-state index in [1.165, 1.54) is 0 Å². The summed E-state index contributed by atoms with van der Waals surface area (Å²) in [6, 6.07) is 12.2. The molecule has 4 heteroatoms. The lowest BCUT2D eigenvalue weighted by Crippen LogP contribution is -1.96. The molecule has 94 valence electrons. The molecule has 3 nitrogen and oxygen atoms in total. The summed E-state index contributed by atoms with van der Waals surface area (Å²) in [7, 11) is 1.55. The first kappa shape index (κ1) is 12.6. The molecule has 0 radical (unpaired) electrons. The van der Waals surface area contributed by atoms with Crippen LogP contribution < -0.4 is 9.47 Å². The average molecular weight is 265 g/mol. The quantitative estimate of drug-likeness (QED) is 0.916. The van der Waals surface area contributed by atoms with Gasteiger partial charge in [-0.3, -0.25) is 0 Å². The van der Waals surface area contributed by atoms with Gasteiger partial charge in [-0.2, -0.15) is 0 Å². The number of aromatic hydroxyl groups is 1. The van der Waals surface area contributed by atoms with Crippen LogP contribution in [0.3, 0.4) is 0 Å². The molecule has 0 atom stereocenters. The van der Waals surface area contributed by atoms with Crippen molar-refractivity contribution in [2.24, 2.45) is 0 Å². The number of hydrogen-bond acceptors (Lipinski definition) is 3. The zero-order chi connectivity index (χ0) is 13.0. The molecule has 0 spiro atoms. The average Bonchev–Trinajstić information content (AvgIpc) is 2.39. The molecule has 2 rings (SSSR count). The third-order valence-corrected chi connectivity index (χ3v) is 2.75. The van der Waals surface area contributed by atoms with Gasteiger partial charge in [-0.15, -0.1) is 0 Å². The summed E-state index contributed by atoms with van der Waals surface area (Å²) in [5.41, 5.74) is 0.700. The van der Waals surface area contributed by atoms with Crippen molar-refractivity contribution in [1.29, 1.82) is 0 Å². The molecule has 0 saturated heterocycles. The molecule has 0 aromatic heterocycles. The molecule has 0 bridgehead atoms. The van der Waals surface area contributed by atoms with Crippen LogP contribution in [-0.4, -0.2) is 12.2 Å². The Balaban J connectivity index is 2.04. The molecule has 2 aromatic rings. The number of halogens is 1. The van der Waals surface area contributed by atoms with E-state index in [0.717, 1.165) is 0 Å². The van der Waals surface area contributed by atoms with Crippen molar-refractivity contribution in [3.8, 4) is 17.2 Å². The first-order chi connectivity index (χ1) is 8.69. The third kappa shape index (κ3) is 3.08. The molecule has 0 aliphatic heterocycles. The highest BCUT2D eigenvalue weighted by molar-refractivity contribution is 6.30. The van der Waals surface area contributed by atoms with Gasteiger partial charge < -0.3 is 14.6 Å². The molecule has 0 unspecified atom stereocenters. The maximum absolute atomic E-state index is 9.76. The Hall–Kier alpha value is -1.87. The van der Waals surface area contributed by atoms with E-state index >= 15 is 0 Å². The lowest BCUT2D eigenvalue weighted by Gasteiger charge is -2.09. The van der Waals surface area contributed by atoms with Crippen molar-refractivity contribution in [2.75, 3.05) is 7.11 Å². The van der Waals surface area contributed by atoms with Gasteiger partial charge in [0, 0.05) is 16.7 Å². The molecule has 0 saturated carbocycles. The smallest absolute Gasteiger partial charge is 0.125 e. The predicted octanol–water partition coefficient (Wildman–Crippen LogP) is 3.63. The Kier molecular flexibility index (Phi) is 3.95. The minimum absolute atomic E-state index is 0.156. The molecule has 0 heterocycles. The number of hydrogen-bond donors (Lipinski definition) is 1. The van der Waals surface area contributed by atoms with Crippen LogP contribution in [0.15, 0.2) is 42.5 Å². The fourth-order valence-corrected chi connectivity index (χ4v) is 1.61. The largest absolute Gasteiger partial charge is 0.507 e. The number of methoxy groups -OCH3 is 1. The lowest BCUT2D eigenvalue weighted by atomic mass is 10.2. The Morgan fingerprint density at radius 2 is 1.72 bits per heavy atom. The lowest BCUT2D eigenvalue weighted by molar-refractivity contribution is 0.298. The maximum atomic E-state index is 9.76. The second-order valence-corrected chi connectivity index (χ2v) is 4.17. The molecule has 0 amide bonds. The van der Waals surface area contributed by atoms with Crippen LogP contribution in [0, 0.1) is 0 Å². The van der Waals surface area contributed by atoms with Gasteiger partial charge in [0.25, 0.3) is 0 Å². The molecule has 2 aromatic carbocycles. The van der Waals surface area contributed by atoms with E-state index in [-0.39, 0.29) is 12.4 Å². The predicted molar refractivity (Wildman–Crippen MR) is 70.4 cm³/mol. The fraction of sp³-hybridized carbons (Fsp3) is 0.143. The topological polar surface area (TPSA) is 38.7 Å². The van der Waals surface area contributed by atoms with Crippen LogP contribution >= 0.6 is 11.6 Å². The highest BCUT2D eigenvalue weighted by Crippen LogP contribution is 2.25. The number of rotatable bonds is 4. The zero-order valence-electron chi connectivity index (χ0n) is 9.89. The Bertz CT molecular complexity index is 523. The number of benzene rings is 2. The fourth-order valence-electron chi connectivity index (χ4n) is 1.48. The second-order valence-electron chi connectivity index (χ2n) is 3.74. The Labute approximate surface area is 111 Å². The Morgan fingerprint density at radius 3 is 2.33 bits per heavy atom. The normalized spacial score (nSPS) is 10.1. The molecular formula is C14H13ClO3. The van der Waals surface area contributed by atoms with E-state index in [0.29, 0.717) is 22.1 Å². The summed E-state index contributed by atoms with van der Waals surface area (Å²) in [6.07, 6.45) is 0. The molecular weight excluding hydrogens is 252 g/mol. The van der Waals surface area contributed by atoms with Crippen LogP contribution in [0.5, 0.6) is 17.2 Å². The van der Waals surface area contributed by atoms with Crippen molar-refractivity contribution in [3.05, 3.63) is 53.1 Å². The third-order valence-electron chi connectivity index (χ3n) is 2.50. The highest BCUT2D eigenvalue weighted by Gasteiger charge is 2.04. The zero-order valence-corrected chi connectivity index (χ0v) is 10.6. The maximum Gasteiger partial charge on any atom is 0.125 e. The molecule has 18 heavy (non-hydrogen) atoms. The molecule has 0 aliphatic carbocycles. The highest BCUT2D eigenvalue weighted by atomic mass is 35.5. The molecule has 1 N–H and O–H groups in total. The van der Waals surface area contributed by atoms with Crippen molar-refractivity contribution in [1.82, 2.24) is 0 Å². The van der Waals surface area contributed by atoms with E-state index < -0.39 is 0 Å². The summed E-state index contributed by atoms with van der Waals surface area (Å²) < 4.78 is 10.6. The van der Waals surface area contributed by atoms with Gasteiger partial charge in [0.1, 0.15) is 23.9 Å². The van der Waals surface area contributed by atoms with Crippen molar-refractivity contribution >= 4 is 11.6 Å². The van der Waals surface area contributed by atoms with Crippen molar-refractivity contribution in [3.63, 3.8) is 0 Å². The monoisotopic (exact) mass is 264 g/mol. The summed E-state index contributed by atoms with van der Waals surface area (Å²) in [5, 5.41) is 10.4. The van der Waals surface area contributed by atoms with Crippen LogP contribution in [0.2, 0.25) is 5.02 Å². The first-order valence-electron chi connectivity index (χ1n) is 5.43. The van der Waals surface area contributed by atoms with Crippen LogP contribution in [0.1, 0.15) is 5.56 Å². The van der Waals surface area contributed by atoms with Gasteiger partial charge in [0.15, 0.2) is 0 Å². The van der Waals surface area contributed by atoms with Crippen LogP contribution in [0.25, 0.3) is 0 Å². The summed E-state index contributed by atoms with van der Waals surface area (Å²) >= 11 is 5.78. The Morgan fingerprint density at radius 1 is 1.06 bits per heavy atom. The van der Waals surface area contributed by atoms with Gasteiger partial charge >= 0.3 is 0 Å². The van der Waals surface area contributed by atoms with E-state index in [1.807, 2.05) is 0 Å². The standard InChI is InChI=1S/C14H13ClO3/c1-17-13-5-2-10(14(16)8-13)9-18-12-6-3-11(15)4-7-12/h2-8,16H,9H2,1H3. The summed E-state index contributed by atoms with van der Waals surface area (Å²) in [5.74, 6) is 1.47. The van der Waals surface area contributed by atoms with Crippen molar-refractivity contribution < 1.29 is 14.6 Å². The number of ether oxygens (including phenoxy) is 2. The number of phenolic OH excluding ortho intramolecular Hbond substituents is 1. The minimum atomic E-state index is 0.156. The van der Waals surface area contributed by atoms with Crippen molar-refractivity contribution in [2.45, 2.75) is 6.61 Å². The van der Waals surface area contributed by atoms with Gasteiger partial charge in [0.05, 0.1) is 7.11 Å². The first-order valence-corrected chi connectivity index (χ1v) is 5.81. The summed E-state index contributed by atoms with van der Waals surface area (Å²) in [4.78, 5) is 0. The van der Waals surface area contributed by atoms with Gasteiger partial charge in [-0.25, -0.2) is 0 Å². The van der Waals surface area contributed by atoms with E-state index in [1.54, 1.807) is 49.6 Å². The number of phenols is 1. The van der Waals surface area contributed by atoms with E-state index in [4.69, 9.17) is 21.1 Å². The van der Waals surface area contributed by atoms with Gasteiger partial charge in [-0.05, 0) is 36.4 Å². The SMILES string of the molecule is COc1ccc(COc2ccc(Cl)cc2)c(O)c1. The second kappa shape index (κ2) is 5.65. The minimum Gasteiger partial charge on any atom is -0.507 e. The summed E-state index contributed by atoms with van der Waals surface area (Å²) in [6.45, 7) is 0.289. The molecule has 0 fully saturated rings. The van der Waals surface area contributed by atoms with E-state index in [2.05, 4.69) is 0 Å². The van der Waals surface area contributed by atoms with E-state index in [9.17, 15) is 5.11 Å².